The summed E-state index contributed by atoms with van der Waals surface area (Å²) in [4.78, 5) is 5.01. The molecule has 1 unspecified atom stereocenters. The van der Waals surface area contributed by atoms with Crippen molar-refractivity contribution in [3.05, 3.63) is 6.61 Å². The predicted octanol–water partition coefficient (Wildman–Crippen LogP) is 0.441. The highest BCUT2D eigenvalue weighted by molar-refractivity contribution is 4.83. The first-order chi connectivity index (χ1) is 5.47. The third kappa shape index (κ3) is 1.72. The van der Waals surface area contributed by atoms with E-state index in [1.165, 1.54) is 25.9 Å². The lowest BCUT2D eigenvalue weighted by molar-refractivity contribution is 0.105. The van der Waals surface area contributed by atoms with Crippen molar-refractivity contribution in [1.82, 2.24) is 10.8 Å². The summed E-state index contributed by atoms with van der Waals surface area (Å²) >= 11 is 0. The van der Waals surface area contributed by atoms with E-state index in [1.54, 1.807) is 0 Å². The average Bonchev–Trinajstić information content (AvgIpc) is 2.58. The monoisotopic (exact) mass is 155 g/mol. The van der Waals surface area contributed by atoms with Crippen molar-refractivity contribution >= 4 is 0 Å². The van der Waals surface area contributed by atoms with Gasteiger partial charge in [0.2, 0.25) is 0 Å². The molecule has 2 heterocycles. The van der Waals surface area contributed by atoms with Crippen LogP contribution in [-0.2, 0) is 4.84 Å². The smallest absolute Gasteiger partial charge is 0.109 e. The zero-order valence-electron chi connectivity index (χ0n) is 6.68. The van der Waals surface area contributed by atoms with Gasteiger partial charge >= 0.3 is 0 Å². The molecule has 1 atom stereocenters. The van der Waals surface area contributed by atoms with Crippen molar-refractivity contribution < 1.29 is 4.84 Å². The van der Waals surface area contributed by atoms with Crippen LogP contribution < -0.4 is 10.8 Å². The molecule has 3 nitrogen and oxygen atoms in total. The van der Waals surface area contributed by atoms with Crippen LogP contribution in [0.4, 0.5) is 0 Å². The van der Waals surface area contributed by atoms with E-state index in [4.69, 9.17) is 4.84 Å². The molecule has 0 aliphatic carbocycles. The molecular weight excluding hydrogens is 140 g/mol. The zero-order chi connectivity index (χ0) is 7.52. The molecule has 0 aromatic heterocycles. The number of hydrogen-bond donors (Lipinski definition) is 2. The Kier molecular flexibility index (Phi) is 2.41. The Hall–Kier alpha value is -0.120. The van der Waals surface area contributed by atoms with Crippen LogP contribution in [0.1, 0.15) is 19.3 Å². The number of nitrogens with one attached hydrogen (secondary N) is 2. The Morgan fingerprint density at radius 1 is 1.27 bits per heavy atom. The first kappa shape index (κ1) is 7.53. The van der Waals surface area contributed by atoms with Gasteiger partial charge in [-0.2, -0.15) is 5.48 Å². The van der Waals surface area contributed by atoms with Gasteiger partial charge in [-0.3, -0.25) is 4.84 Å². The molecule has 0 aromatic rings. The molecule has 2 fully saturated rings. The first-order valence-electron chi connectivity index (χ1n) is 4.40. The quantitative estimate of drug-likeness (QED) is 0.576. The maximum Gasteiger partial charge on any atom is 0.109 e. The Bertz CT molecular complexity index is 117. The van der Waals surface area contributed by atoms with Gasteiger partial charge in [-0.1, -0.05) is 0 Å². The van der Waals surface area contributed by atoms with Crippen LogP contribution in [-0.4, -0.2) is 19.1 Å². The first-order valence-corrected chi connectivity index (χ1v) is 4.40. The zero-order valence-corrected chi connectivity index (χ0v) is 6.68. The summed E-state index contributed by atoms with van der Waals surface area (Å²) in [6, 6.07) is 0.581. The second kappa shape index (κ2) is 3.52. The Labute approximate surface area is 67.4 Å². The Morgan fingerprint density at radius 2 is 2.09 bits per heavy atom. The number of hydrogen-bond acceptors (Lipinski definition) is 3. The summed E-state index contributed by atoms with van der Waals surface area (Å²) in [7, 11) is 0. The minimum absolute atomic E-state index is 0.581. The van der Waals surface area contributed by atoms with Crippen molar-refractivity contribution in [3.63, 3.8) is 0 Å². The van der Waals surface area contributed by atoms with Gasteiger partial charge < -0.3 is 5.32 Å². The standard InChI is InChI=1S/C8H15N2O/c1-4-9-5-2-7(1)8-3-6-11-10-8/h6-10H,1-5H2. The van der Waals surface area contributed by atoms with Crippen LogP contribution in [0.2, 0.25) is 0 Å². The lowest BCUT2D eigenvalue weighted by atomic mass is 9.89. The fraction of sp³-hybridized carbons (Fsp3) is 0.875. The average molecular weight is 155 g/mol. The van der Waals surface area contributed by atoms with Gasteiger partial charge in [-0.05, 0) is 38.3 Å². The number of hydroxylamine groups is 1. The Morgan fingerprint density at radius 3 is 2.73 bits per heavy atom. The Balaban J connectivity index is 1.82. The van der Waals surface area contributed by atoms with Crippen LogP contribution in [0, 0.1) is 12.5 Å². The van der Waals surface area contributed by atoms with Gasteiger partial charge in [0, 0.05) is 6.04 Å². The molecule has 3 heteroatoms. The summed E-state index contributed by atoms with van der Waals surface area (Å²) < 4.78 is 0. The highest BCUT2D eigenvalue weighted by Crippen LogP contribution is 2.22. The largest absolute Gasteiger partial charge is 0.317 e. The molecule has 2 aliphatic heterocycles. The fourth-order valence-corrected chi connectivity index (χ4v) is 1.87. The molecule has 0 saturated carbocycles. The molecule has 2 N–H and O–H groups in total. The highest BCUT2D eigenvalue weighted by atomic mass is 16.7. The minimum Gasteiger partial charge on any atom is -0.317 e. The van der Waals surface area contributed by atoms with E-state index >= 15 is 0 Å². The van der Waals surface area contributed by atoms with Crippen molar-refractivity contribution in [1.29, 1.82) is 0 Å². The summed E-state index contributed by atoms with van der Waals surface area (Å²) in [6.45, 7) is 4.21. The van der Waals surface area contributed by atoms with E-state index in [9.17, 15) is 0 Å². The van der Waals surface area contributed by atoms with Gasteiger partial charge in [-0.15, -0.1) is 0 Å². The molecule has 11 heavy (non-hydrogen) atoms. The molecule has 2 saturated heterocycles. The van der Waals surface area contributed by atoms with Crippen molar-refractivity contribution in [2.75, 3.05) is 13.1 Å². The molecule has 0 aromatic carbocycles. The molecule has 63 valence electrons. The molecule has 2 aliphatic rings. The summed E-state index contributed by atoms with van der Waals surface area (Å²) in [5.74, 6) is 0.815. The molecular formula is C8H15N2O. The molecule has 2 rings (SSSR count). The predicted molar refractivity (Wildman–Crippen MR) is 42.5 cm³/mol. The topological polar surface area (TPSA) is 33.3 Å². The third-order valence-corrected chi connectivity index (χ3v) is 2.61. The van der Waals surface area contributed by atoms with Crippen molar-refractivity contribution in [2.45, 2.75) is 25.3 Å². The summed E-state index contributed by atoms with van der Waals surface area (Å²) in [6.07, 6.45) is 3.65. The van der Waals surface area contributed by atoms with Crippen LogP contribution in [0.25, 0.3) is 0 Å². The molecule has 0 bridgehead atoms. The maximum atomic E-state index is 5.01. The molecule has 0 spiro atoms. The van der Waals surface area contributed by atoms with E-state index in [0.29, 0.717) is 6.04 Å². The van der Waals surface area contributed by atoms with E-state index in [1.807, 2.05) is 6.61 Å². The van der Waals surface area contributed by atoms with E-state index in [2.05, 4.69) is 10.8 Å². The third-order valence-electron chi connectivity index (χ3n) is 2.61. The number of rotatable bonds is 1. The minimum atomic E-state index is 0.581. The summed E-state index contributed by atoms with van der Waals surface area (Å²) in [5, 5.41) is 3.36. The lowest BCUT2D eigenvalue weighted by Gasteiger charge is -2.26. The van der Waals surface area contributed by atoms with E-state index in [0.717, 1.165) is 12.3 Å². The van der Waals surface area contributed by atoms with Crippen molar-refractivity contribution in [2.24, 2.45) is 5.92 Å². The van der Waals surface area contributed by atoms with Gasteiger partial charge in [0.25, 0.3) is 0 Å². The normalized spacial score (nSPS) is 34.4. The van der Waals surface area contributed by atoms with Gasteiger partial charge in [-0.25, -0.2) is 0 Å². The van der Waals surface area contributed by atoms with E-state index < -0.39 is 0 Å². The van der Waals surface area contributed by atoms with Crippen LogP contribution in [0.15, 0.2) is 0 Å². The van der Waals surface area contributed by atoms with Gasteiger partial charge in [0.05, 0.1) is 0 Å². The maximum absolute atomic E-state index is 5.01. The van der Waals surface area contributed by atoms with Gasteiger partial charge in [0.1, 0.15) is 6.61 Å². The lowest BCUT2D eigenvalue weighted by Crippen LogP contribution is -2.38. The van der Waals surface area contributed by atoms with Crippen molar-refractivity contribution in [3.8, 4) is 0 Å². The number of piperidine rings is 1. The summed E-state index contributed by atoms with van der Waals surface area (Å²) in [5.41, 5.74) is 3.04. The fourth-order valence-electron chi connectivity index (χ4n) is 1.87. The van der Waals surface area contributed by atoms with Crippen LogP contribution in [0.5, 0.6) is 0 Å². The van der Waals surface area contributed by atoms with E-state index in [-0.39, 0.29) is 0 Å². The SMILES string of the molecule is [CH]1CC(C2CCNCC2)NO1. The van der Waals surface area contributed by atoms with Crippen LogP contribution in [0.3, 0.4) is 0 Å². The van der Waals surface area contributed by atoms with Crippen LogP contribution >= 0.6 is 0 Å². The highest BCUT2D eigenvalue weighted by Gasteiger charge is 2.26. The van der Waals surface area contributed by atoms with Gasteiger partial charge in [0.15, 0.2) is 0 Å². The molecule has 1 radical (unpaired) electrons. The second-order valence-electron chi connectivity index (χ2n) is 3.33. The molecule has 0 amide bonds. The second-order valence-corrected chi connectivity index (χ2v) is 3.33.